The summed E-state index contributed by atoms with van der Waals surface area (Å²) in [5, 5.41) is 0. The van der Waals surface area contributed by atoms with E-state index in [2.05, 4.69) is 4.98 Å². The molecule has 0 unspecified atom stereocenters. The number of ether oxygens (including phenoxy) is 1. The number of aromatic nitrogens is 1. The highest BCUT2D eigenvalue weighted by Crippen LogP contribution is 2.34. The van der Waals surface area contributed by atoms with Crippen LogP contribution in [0, 0.1) is 0 Å². The van der Waals surface area contributed by atoms with Crippen LogP contribution in [0.1, 0.15) is 21.5 Å². The highest BCUT2D eigenvalue weighted by Gasteiger charge is 2.17. The molecule has 1 aliphatic heterocycles. The minimum Gasteiger partial charge on any atom is -0.438 e. The summed E-state index contributed by atoms with van der Waals surface area (Å²) in [5.41, 5.74) is 2.76. The van der Waals surface area contributed by atoms with E-state index in [0.29, 0.717) is 11.4 Å². The van der Waals surface area contributed by atoms with E-state index in [4.69, 9.17) is 4.74 Å². The average molecular weight is 211 g/mol. The van der Waals surface area contributed by atoms with Crippen LogP contribution in [0.25, 0.3) is 0 Å². The molecule has 3 rings (SSSR count). The molecule has 0 saturated heterocycles. The lowest BCUT2D eigenvalue weighted by Crippen LogP contribution is -2.04. The Kier molecular flexibility index (Phi) is 1.96. The van der Waals surface area contributed by atoms with Crippen LogP contribution in [0.2, 0.25) is 0 Å². The second-order valence-corrected chi connectivity index (χ2v) is 3.73. The Morgan fingerprint density at radius 3 is 3.06 bits per heavy atom. The van der Waals surface area contributed by atoms with Crippen molar-refractivity contribution in [3.63, 3.8) is 0 Å². The van der Waals surface area contributed by atoms with Gasteiger partial charge in [0, 0.05) is 29.3 Å². The van der Waals surface area contributed by atoms with Gasteiger partial charge in [0.15, 0.2) is 0 Å². The van der Waals surface area contributed by atoms with E-state index in [0.717, 1.165) is 29.6 Å². The second-order valence-electron chi connectivity index (χ2n) is 3.73. The summed E-state index contributed by atoms with van der Waals surface area (Å²) in [6.07, 6.45) is 3.32. The van der Waals surface area contributed by atoms with Crippen molar-refractivity contribution >= 4 is 6.29 Å². The Balaban J connectivity index is 2.08. The van der Waals surface area contributed by atoms with Crippen molar-refractivity contribution in [1.82, 2.24) is 4.98 Å². The van der Waals surface area contributed by atoms with Crippen molar-refractivity contribution in [3.8, 4) is 11.6 Å². The number of hydrogen-bond acceptors (Lipinski definition) is 3. The Labute approximate surface area is 92.7 Å². The van der Waals surface area contributed by atoms with Gasteiger partial charge in [-0.2, -0.15) is 0 Å². The molecule has 2 heterocycles. The average Bonchev–Trinajstić information content (AvgIpc) is 2.35. The van der Waals surface area contributed by atoms with Crippen LogP contribution in [0.4, 0.5) is 0 Å². The fraction of sp³-hybridized carbons (Fsp3) is 0.0769. The van der Waals surface area contributed by atoms with E-state index >= 15 is 0 Å². The molecule has 3 heteroatoms. The zero-order chi connectivity index (χ0) is 11.0. The fourth-order valence-corrected chi connectivity index (χ4v) is 1.87. The van der Waals surface area contributed by atoms with Crippen molar-refractivity contribution in [2.45, 2.75) is 6.42 Å². The van der Waals surface area contributed by atoms with Gasteiger partial charge in [-0.05, 0) is 24.3 Å². The summed E-state index contributed by atoms with van der Waals surface area (Å²) in [4.78, 5) is 14.9. The van der Waals surface area contributed by atoms with Crippen molar-refractivity contribution in [1.29, 1.82) is 0 Å². The second kappa shape index (κ2) is 3.45. The maximum atomic E-state index is 10.7. The van der Waals surface area contributed by atoms with Crippen LogP contribution in [0.15, 0.2) is 36.5 Å². The predicted molar refractivity (Wildman–Crippen MR) is 58.9 cm³/mol. The third kappa shape index (κ3) is 1.37. The van der Waals surface area contributed by atoms with Crippen molar-refractivity contribution < 1.29 is 9.53 Å². The minimum absolute atomic E-state index is 0.661. The monoisotopic (exact) mass is 211 g/mol. The number of benzene rings is 1. The maximum Gasteiger partial charge on any atom is 0.222 e. The third-order valence-electron chi connectivity index (χ3n) is 2.66. The van der Waals surface area contributed by atoms with E-state index in [1.165, 1.54) is 0 Å². The highest BCUT2D eigenvalue weighted by molar-refractivity contribution is 5.76. The van der Waals surface area contributed by atoms with E-state index in [9.17, 15) is 4.79 Å². The highest BCUT2D eigenvalue weighted by atomic mass is 16.5. The number of pyridine rings is 1. The molecule has 1 aromatic heterocycles. The van der Waals surface area contributed by atoms with Gasteiger partial charge < -0.3 is 4.74 Å². The molecule has 16 heavy (non-hydrogen) atoms. The molecule has 0 atom stereocenters. The van der Waals surface area contributed by atoms with Crippen LogP contribution in [-0.2, 0) is 6.42 Å². The normalized spacial score (nSPS) is 12.2. The lowest BCUT2D eigenvalue weighted by atomic mass is 10.0. The number of hydrogen-bond donors (Lipinski definition) is 0. The van der Waals surface area contributed by atoms with Crippen molar-refractivity contribution in [3.05, 3.63) is 53.2 Å². The van der Waals surface area contributed by atoms with Gasteiger partial charge in [0.1, 0.15) is 12.0 Å². The van der Waals surface area contributed by atoms with E-state index in [-0.39, 0.29) is 0 Å². The smallest absolute Gasteiger partial charge is 0.222 e. The zero-order valence-electron chi connectivity index (χ0n) is 8.51. The van der Waals surface area contributed by atoms with Gasteiger partial charge in [-0.3, -0.25) is 4.79 Å². The molecule has 0 saturated carbocycles. The summed E-state index contributed by atoms with van der Waals surface area (Å²) in [6.45, 7) is 0. The summed E-state index contributed by atoms with van der Waals surface area (Å²) < 4.78 is 5.65. The van der Waals surface area contributed by atoms with Crippen LogP contribution in [0.3, 0.4) is 0 Å². The summed E-state index contributed by atoms with van der Waals surface area (Å²) in [7, 11) is 0. The molecule has 0 bridgehead atoms. The van der Waals surface area contributed by atoms with Gasteiger partial charge in [-0.15, -0.1) is 0 Å². The quantitative estimate of drug-likeness (QED) is 0.581. The number of nitrogens with zero attached hydrogens (tertiary/aromatic N) is 1. The van der Waals surface area contributed by atoms with Gasteiger partial charge in [0.05, 0.1) is 0 Å². The number of carbonyl (C=O) groups is 1. The Morgan fingerprint density at radius 1 is 1.25 bits per heavy atom. The van der Waals surface area contributed by atoms with E-state index < -0.39 is 0 Å². The van der Waals surface area contributed by atoms with E-state index in [1.54, 1.807) is 12.3 Å². The molecule has 0 fully saturated rings. The number of rotatable bonds is 1. The largest absolute Gasteiger partial charge is 0.438 e. The molecule has 0 amide bonds. The van der Waals surface area contributed by atoms with Crippen LogP contribution in [-0.4, -0.2) is 11.3 Å². The fourth-order valence-electron chi connectivity index (χ4n) is 1.87. The predicted octanol–water partition coefficient (Wildman–Crippen LogP) is 2.59. The van der Waals surface area contributed by atoms with Gasteiger partial charge in [0.25, 0.3) is 0 Å². The van der Waals surface area contributed by atoms with Crippen molar-refractivity contribution in [2.75, 3.05) is 0 Å². The Hall–Kier alpha value is -2.16. The van der Waals surface area contributed by atoms with E-state index in [1.807, 2.05) is 24.3 Å². The third-order valence-corrected chi connectivity index (χ3v) is 2.66. The van der Waals surface area contributed by atoms with Crippen LogP contribution < -0.4 is 4.74 Å². The zero-order valence-corrected chi connectivity index (χ0v) is 8.51. The first-order chi connectivity index (χ1) is 7.86. The van der Waals surface area contributed by atoms with Gasteiger partial charge in [0.2, 0.25) is 5.88 Å². The molecular formula is C13H9NO2. The molecular weight excluding hydrogens is 202 g/mol. The van der Waals surface area contributed by atoms with Gasteiger partial charge in [-0.1, -0.05) is 6.07 Å². The lowest BCUT2D eigenvalue weighted by molar-refractivity contribution is 0.112. The SMILES string of the molecule is O=Cc1ccc2c(c1)Cc1cccnc1O2. The van der Waals surface area contributed by atoms with Crippen LogP contribution >= 0.6 is 0 Å². The molecule has 78 valence electrons. The first-order valence-electron chi connectivity index (χ1n) is 5.06. The minimum atomic E-state index is 0.661. The lowest BCUT2D eigenvalue weighted by Gasteiger charge is -2.18. The topological polar surface area (TPSA) is 39.2 Å². The maximum absolute atomic E-state index is 10.7. The number of carbonyl (C=O) groups excluding carboxylic acids is 1. The molecule has 0 spiro atoms. The first-order valence-corrected chi connectivity index (χ1v) is 5.06. The molecule has 1 aliphatic rings. The van der Waals surface area contributed by atoms with Gasteiger partial charge >= 0.3 is 0 Å². The molecule has 3 nitrogen and oxygen atoms in total. The molecule has 0 radical (unpaired) electrons. The number of aldehydes is 1. The summed E-state index contributed by atoms with van der Waals surface area (Å²) in [5.74, 6) is 1.45. The molecule has 0 aliphatic carbocycles. The summed E-state index contributed by atoms with van der Waals surface area (Å²) in [6, 6.07) is 9.30. The molecule has 1 aromatic carbocycles. The summed E-state index contributed by atoms with van der Waals surface area (Å²) >= 11 is 0. The molecule has 2 aromatic rings. The van der Waals surface area contributed by atoms with Crippen molar-refractivity contribution in [2.24, 2.45) is 0 Å². The molecule has 0 N–H and O–H groups in total. The Morgan fingerprint density at radius 2 is 2.19 bits per heavy atom. The first kappa shape index (κ1) is 9.09. The number of fused-ring (bicyclic) bond motifs is 2. The van der Waals surface area contributed by atoms with Crippen LogP contribution in [0.5, 0.6) is 11.6 Å². The standard InChI is InChI=1S/C13H9NO2/c15-8-9-3-4-12-11(6-9)7-10-2-1-5-14-13(10)16-12/h1-6,8H,7H2. The Bertz CT molecular complexity index is 564. The van der Waals surface area contributed by atoms with Gasteiger partial charge in [-0.25, -0.2) is 4.98 Å².